The predicted octanol–water partition coefficient (Wildman–Crippen LogP) is 4.55. The van der Waals surface area contributed by atoms with Crippen LogP contribution in [0.5, 0.6) is 0 Å². The third kappa shape index (κ3) is 3.89. The second-order valence-electron chi connectivity index (χ2n) is 8.86. The molecule has 1 fully saturated rings. The van der Waals surface area contributed by atoms with E-state index in [-0.39, 0.29) is 35.9 Å². The van der Waals surface area contributed by atoms with Gasteiger partial charge >= 0.3 is 5.97 Å². The second kappa shape index (κ2) is 8.67. The zero-order chi connectivity index (χ0) is 25.8. The highest BCUT2D eigenvalue weighted by molar-refractivity contribution is 6.33. The summed E-state index contributed by atoms with van der Waals surface area (Å²) in [6, 6.07) is 11.1. The van der Waals surface area contributed by atoms with Gasteiger partial charge in [-0.3, -0.25) is 9.59 Å². The van der Waals surface area contributed by atoms with Crippen molar-refractivity contribution in [1.29, 1.82) is 0 Å². The molecule has 1 amide bonds. The molecule has 2 atom stereocenters. The number of Topliss-reactive ketones (excluding diaryl/α,β-unsaturated/α-hetero) is 1. The highest BCUT2D eigenvalue weighted by Crippen LogP contribution is 2.56. The quantitative estimate of drug-likeness (QED) is 0.504. The van der Waals surface area contributed by atoms with Crippen LogP contribution in [0.25, 0.3) is 0 Å². The van der Waals surface area contributed by atoms with Crippen molar-refractivity contribution in [2.24, 2.45) is 0 Å². The molecule has 0 saturated heterocycles. The summed E-state index contributed by atoms with van der Waals surface area (Å²) in [5, 5.41) is 11.7. The summed E-state index contributed by atoms with van der Waals surface area (Å²) in [6.07, 6.45) is 0.126. The maximum absolute atomic E-state index is 14.7. The number of rotatable bonds is 6. The molecule has 2 aliphatic rings. The van der Waals surface area contributed by atoms with E-state index in [4.69, 9.17) is 11.6 Å². The van der Waals surface area contributed by atoms with Gasteiger partial charge < -0.3 is 15.3 Å². The summed E-state index contributed by atoms with van der Waals surface area (Å²) in [4.78, 5) is 38.0. The molecule has 0 aromatic heterocycles. The van der Waals surface area contributed by atoms with E-state index >= 15 is 0 Å². The van der Waals surface area contributed by atoms with Crippen molar-refractivity contribution < 1.29 is 32.7 Å². The summed E-state index contributed by atoms with van der Waals surface area (Å²) in [5.41, 5.74) is 0.195. The second-order valence-corrected chi connectivity index (χ2v) is 9.26. The van der Waals surface area contributed by atoms with Crippen LogP contribution in [0.1, 0.15) is 27.9 Å². The number of carboxylic acids is 1. The third-order valence-corrected chi connectivity index (χ3v) is 6.95. The van der Waals surface area contributed by atoms with E-state index in [0.717, 1.165) is 12.1 Å². The monoisotopic (exact) mass is 514 g/mol. The lowest BCUT2D eigenvalue weighted by molar-refractivity contribution is -0.139. The van der Waals surface area contributed by atoms with Crippen LogP contribution in [-0.2, 0) is 21.4 Å². The lowest BCUT2D eigenvalue weighted by Gasteiger charge is -2.21. The average molecular weight is 515 g/mol. The van der Waals surface area contributed by atoms with E-state index in [2.05, 4.69) is 5.32 Å². The Balaban J connectivity index is 1.37. The van der Waals surface area contributed by atoms with Gasteiger partial charge in [-0.2, -0.15) is 0 Å². The largest absolute Gasteiger partial charge is 0.480 e. The summed E-state index contributed by atoms with van der Waals surface area (Å²) < 4.78 is 42.8. The summed E-state index contributed by atoms with van der Waals surface area (Å²) in [5.74, 6) is -5.27. The first-order valence-corrected chi connectivity index (χ1v) is 11.4. The molecule has 1 aliphatic carbocycles. The molecule has 2 N–H and O–H groups in total. The van der Waals surface area contributed by atoms with E-state index in [1.54, 1.807) is 29.2 Å². The van der Waals surface area contributed by atoms with Crippen molar-refractivity contribution >= 4 is 40.6 Å². The van der Waals surface area contributed by atoms with Crippen molar-refractivity contribution in [3.8, 4) is 0 Å². The molecule has 184 valence electrons. The fourth-order valence-corrected chi connectivity index (χ4v) is 4.91. The Bertz CT molecular complexity index is 1410. The number of amides is 1. The normalized spacial score (nSPS) is 18.8. The predicted molar refractivity (Wildman–Crippen MR) is 125 cm³/mol. The first-order chi connectivity index (χ1) is 17.1. The third-order valence-electron chi connectivity index (χ3n) is 6.63. The number of ketones is 1. The minimum absolute atomic E-state index is 0.0195. The number of halogens is 4. The van der Waals surface area contributed by atoms with Crippen molar-refractivity contribution in [2.45, 2.75) is 24.3 Å². The number of carbonyl (C=O) groups excluding carboxylic acids is 2. The number of hydrogen-bond acceptors (Lipinski definition) is 4. The van der Waals surface area contributed by atoms with Crippen LogP contribution in [0.15, 0.2) is 54.6 Å². The topological polar surface area (TPSA) is 86.7 Å². The molecule has 1 aliphatic heterocycles. The minimum atomic E-state index is -1.38. The number of carbonyl (C=O) groups is 3. The Hall–Kier alpha value is -3.85. The maximum atomic E-state index is 14.7. The Kier molecular flexibility index (Phi) is 5.75. The smallest absolute Gasteiger partial charge is 0.326 e. The van der Waals surface area contributed by atoms with Crippen molar-refractivity contribution in [3.63, 3.8) is 0 Å². The van der Waals surface area contributed by atoms with E-state index in [0.29, 0.717) is 16.8 Å². The van der Waals surface area contributed by atoms with Gasteiger partial charge in [0, 0.05) is 25.1 Å². The van der Waals surface area contributed by atoms with Crippen LogP contribution in [0.4, 0.5) is 24.5 Å². The van der Waals surface area contributed by atoms with Gasteiger partial charge in [0.25, 0.3) is 5.91 Å². The van der Waals surface area contributed by atoms with Gasteiger partial charge in [-0.1, -0.05) is 35.9 Å². The molecule has 2 unspecified atom stereocenters. The van der Waals surface area contributed by atoms with Gasteiger partial charge in [0.05, 0.1) is 21.7 Å². The molecule has 1 spiro atoms. The molecule has 1 heterocycles. The maximum Gasteiger partial charge on any atom is 0.326 e. The average Bonchev–Trinajstić information content (AvgIpc) is 3.35. The number of aliphatic carboxylic acids is 1. The van der Waals surface area contributed by atoms with Crippen LogP contribution >= 0.6 is 11.6 Å². The molecular formula is C26H18ClF3N2O4. The molecule has 0 bridgehead atoms. The SMILES string of the molecule is O=C(NC(Cc1ccc(N2CC3(CC3=O)c3ccc(F)c(F)c32)cc1)C(=O)O)c1c(F)cccc1Cl. The van der Waals surface area contributed by atoms with Crippen LogP contribution in [0.3, 0.4) is 0 Å². The van der Waals surface area contributed by atoms with Gasteiger partial charge in [-0.25, -0.2) is 18.0 Å². The molecule has 3 aromatic rings. The molecule has 6 nitrogen and oxygen atoms in total. The highest BCUT2D eigenvalue weighted by atomic mass is 35.5. The first kappa shape index (κ1) is 23.9. The minimum Gasteiger partial charge on any atom is -0.480 e. The van der Waals surface area contributed by atoms with Gasteiger partial charge in [0.15, 0.2) is 11.6 Å². The van der Waals surface area contributed by atoms with Gasteiger partial charge in [-0.05, 0) is 41.5 Å². The Morgan fingerprint density at radius 1 is 1.06 bits per heavy atom. The molecule has 5 rings (SSSR count). The van der Waals surface area contributed by atoms with Crippen molar-refractivity contribution in [2.75, 3.05) is 11.4 Å². The Morgan fingerprint density at radius 2 is 1.75 bits per heavy atom. The lowest BCUT2D eigenvalue weighted by atomic mass is 9.98. The molecular weight excluding hydrogens is 497 g/mol. The molecule has 36 heavy (non-hydrogen) atoms. The standard InChI is InChI=1S/C26H18ClF3N2O4/c27-16-2-1-3-17(28)21(16)24(34)31-19(25(35)36)10-13-4-6-14(7-5-13)32-12-26(11-20(26)33)15-8-9-18(29)22(30)23(15)32/h1-9,19H,10-12H2,(H,31,34)(H,35,36). The number of anilines is 2. The Labute approximate surface area is 208 Å². The lowest BCUT2D eigenvalue weighted by Crippen LogP contribution is -2.42. The number of carboxylic acid groups (broad SMARTS) is 1. The van der Waals surface area contributed by atoms with Crippen LogP contribution in [-0.4, -0.2) is 35.4 Å². The van der Waals surface area contributed by atoms with Gasteiger partial charge in [-0.15, -0.1) is 0 Å². The zero-order valence-electron chi connectivity index (χ0n) is 18.5. The number of nitrogens with zero attached hydrogens (tertiary/aromatic N) is 1. The van der Waals surface area contributed by atoms with Crippen LogP contribution < -0.4 is 10.2 Å². The number of nitrogens with one attached hydrogen (secondary N) is 1. The van der Waals surface area contributed by atoms with Crippen LogP contribution in [0.2, 0.25) is 5.02 Å². The Morgan fingerprint density at radius 3 is 2.36 bits per heavy atom. The summed E-state index contributed by atoms with van der Waals surface area (Å²) in [7, 11) is 0. The zero-order valence-corrected chi connectivity index (χ0v) is 19.3. The fraction of sp³-hybridized carbons (Fsp3) is 0.192. The molecule has 1 saturated carbocycles. The highest BCUT2D eigenvalue weighted by Gasteiger charge is 2.61. The number of fused-ring (bicyclic) bond motifs is 2. The van der Waals surface area contributed by atoms with E-state index in [1.807, 2.05) is 0 Å². The summed E-state index contributed by atoms with van der Waals surface area (Å²) >= 11 is 5.89. The van der Waals surface area contributed by atoms with Gasteiger partial charge in [0.1, 0.15) is 17.6 Å². The van der Waals surface area contributed by atoms with Gasteiger partial charge in [0.2, 0.25) is 0 Å². The fourth-order valence-electron chi connectivity index (χ4n) is 4.66. The first-order valence-electron chi connectivity index (χ1n) is 11.0. The number of benzene rings is 3. The van der Waals surface area contributed by atoms with Crippen molar-refractivity contribution in [1.82, 2.24) is 5.32 Å². The van der Waals surface area contributed by atoms with Crippen LogP contribution in [0, 0.1) is 17.5 Å². The number of hydrogen-bond donors (Lipinski definition) is 2. The van der Waals surface area contributed by atoms with E-state index in [1.165, 1.54) is 18.2 Å². The van der Waals surface area contributed by atoms with E-state index < -0.39 is 46.3 Å². The molecule has 3 aromatic carbocycles. The summed E-state index contributed by atoms with van der Waals surface area (Å²) in [6.45, 7) is 0.179. The molecule has 0 radical (unpaired) electrons. The van der Waals surface area contributed by atoms with E-state index in [9.17, 15) is 32.7 Å². The van der Waals surface area contributed by atoms with Crippen molar-refractivity contribution in [3.05, 3.63) is 93.8 Å². The molecule has 10 heteroatoms.